The molecule has 2 amide bonds. The van der Waals surface area contributed by atoms with Gasteiger partial charge in [0.2, 0.25) is 5.91 Å². The Balaban J connectivity index is 1.62. The Hall–Kier alpha value is -2.41. The number of aromatic carboxylic acids is 1. The van der Waals surface area contributed by atoms with Gasteiger partial charge < -0.3 is 15.3 Å². The molecular formula is C28H45N3O4. The molecule has 7 nitrogen and oxygen atoms in total. The zero-order valence-electron chi connectivity index (χ0n) is 21.8. The summed E-state index contributed by atoms with van der Waals surface area (Å²) >= 11 is 0. The Kier molecular flexibility index (Phi) is 13.4. The van der Waals surface area contributed by atoms with Gasteiger partial charge >= 0.3 is 5.97 Å². The Morgan fingerprint density at radius 2 is 1.34 bits per heavy atom. The van der Waals surface area contributed by atoms with Gasteiger partial charge in [0.15, 0.2) is 0 Å². The van der Waals surface area contributed by atoms with Crippen LogP contribution in [0.15, 0.2) is 24.3 Å². The minimum absolute atomic E-state index is 0.0331. The summed E-state index contributed by atoms with van der Waals surface area (Å²) in [5.41, 5.74) is 0.588. The van der Waals surface area contributed by atoms with E-state index in [4.69, 9.17) is 5.11 Å². The highest BCUT2D eigenvalue weighted by Gasteiger charge is 2.32. The molecule has 0 aliphatic carbocycles. The molecule has 0 radical (unpaired) electrons. The number of amides is 2. The fourth-order valence-corrected chi connectivity index (χ4v) is 4.57. The number of carboxylic acids is 1. The SMILES string of the molecule is CCCCCCCCCCCCCCNC(=O)[C@H]1CN(C(=O)c2ccc(C(=O)O)cc2)CCN1C. The molecule has 1 fully saturated rings. The molecule has 1 atom stereocenters. The smallest absolute Gasteiger partial charge is 0.335 e. The van der Waals surface area contributed by atoms with Crippen LogP contribution in [0.2, 0.25) is 0 Å². The summed E-state index contributed by atoms with van der Waals surface area (Å²) in [6.45, 7) is 4.42. The van der Waals surface area contributed by atoms with E-state index in [1.54, 1.807) is 4.90 Å². The molecule has 1 aliphatic heterocycles. The summed E-state index contributed by atoms with van der Waals surface area (Å²) in [5.74, 6) is -1.23. The van der Waals surface area contributed by atoms with Crippen molar-refractivity contribution < 1.29 is 19.5 Å². The maximum absolute atomic E-state index is 12.9. The average molecular weight is 488 g/mol. The number of benzene rings is 1. The number of rotatable bonds is 16. The van der Waals surface area contributed by atoms with Crippen LogP contribution < -0.4 is 5.32 Å². The number of nitrogens with one attached hydrogen (secondary N) is 1. The Bertz CT molecular complexity index is 781. The molecular weight excluding hydrogens is 442 g/mol. The predicted molar refractivity (Wildman–Crippen MR) is 140 cm³/mol. The van der Waals surface area contributed by atoms with E-state index in [1.807, 2.05) is 11.9 Å². The Morgan fingerprint density at radius 3 is 1.89 bits per heavy atom. The number of carboxylic acid groups (broad SMARTS) is 1. The van der Waals surface area contributed by atoms with Crippen molar-refractivity contribution in [2.75, 3.05) is 33.2 Å². The molecule has 0 saturated carbocycles. The Morgan fingerprint density at radius 1 is 0.829 bits per heavy atom. The van der Waals surface area contributed by atoms with Gasteiger partial charge in [0.1, 0.15) is 6.04 Å². The number of carbonyl (C=O) groups excluding carboxylic acids is 2. The largest absolute Gasteiger partial charge is 0.478 e. The van der Waals surface area contributed by atoms with E-state index in [1.165, 1.54) is 88.5 Å². The number of carbonyl (C=O) groups is 3. The maximum atomic E-state index is 12.9. The summed E-state index contributed by atoms with van der Waals surface area (Å²) < 4.78 is 0. The van der Waals surface area contributed by atoms with Crippen LogP contribution in [0.4, 0.5) is 0 Å². The van der Waals surface area contributed by atoms with Crippen molar-refractivity contribution in [3.63, 3.8) is 0 Å². The van der Waals surface area contributed by atoms with Gasteiger partial charge in [0.05, 0.1) is 5.56 Å². The number of nitrogens with zero attached hydrogens (tertiary/aromatic N) is 2. The van der Waals surface area contributed by atoms with E-state index in [-0.39, 0.29) is 23.4 Å². The van der Waals surface area contributed by atoms with E-state index in [2.05, 4.69) is 12.2 Å². The van der Waals surface area contributed by atoms with Crippen LogP contribution in [0, 0.1) is 0 Å². The van der Waals surface area contributed by atoms with Crippen LogP contribution in [0.3, 0.4) is 0 Å². The first kappa shape index (κ1) is 28.8. The molecule has 1 aromatic carbocycles. The first-order valence-electron chi connectivity index (χ1n) is 13.5. The molecule has 0 spiro atoms. The van der Waals surface area contributed by atoms with Crippen molar-refractivity contribution >= 4 is 17.8 Å². The second kappa shape index (κ2) is 16.3. The number of unbranched alkanes of at least 4 members (excludes halogenated alkanes) is 11. The molecule has 0 bridgehead atoms. The molecule has 1 aliphatic rings. The summed E-state index contributed by atoms with van der Waals surface area (Å²) in [5, 5.41) is 12.1. The van der Waals surface area contributed by atoms with E-state index in [9.17, 15) is 14.4 Å². The highest BCUT2D eigenvalue weighted by Crippen LogP contribution is 2.14. The molecule has 1 heterocycles. The van der Waals surface area contributed by atoms with Crippen LogP contribution in [0.1, 0.15) is 105 Å². The molecule has 35 heavy (non-hydrogen) atoms. The lowest BCUT2D eigenvalue weighted by Gasteiger charge is -2.38. The first-order chi connectivity index (χ1) is 16.9. The van der Waals surface area contributed by atoms with E-state index in [0.717, 1.165) is 12.8 Å². The van der Waals surface area contributed by atoms with Gasteiger partial charge in [-0.2, -0.15) is 0 Å². The summed E-state index contributed by atoms with van der Waals surface area (Å²) in [6, 6.07) is 5.57. The molecule has 1 saturated heterocycles. The number of piperazine rings is 1. The molecule has 196 valence electrons. The zero-order valence-corrected chi connectivity index (χ0v) is 21.8. The second-order valence-corrected chi connectivity index (χ2v) is 9.81. The fraction of sp³-hybridized carbons (Fsp3) is 0.679. The van der Waals surface area contributed by atoms with Crippen LogP contribution in [-0.2, 0) is 4.79 Å². The van der Waals surface area contributed by atoms with Gasteiger partial charge in [0, 0.05) is 31.7 Å². The minimum Gasteiger partial charge on any atom is -0.478 e. The third-order valence-electron chi connectivity index (χ3n) is 6.95. The molecule has 1 aromatic rings. The number of hydrogen-bond acceptors (Lipinski definition) is 4. The number of likely N-dealkylation sites (N-methyl/N-ethyl adjacent to an activating group) is 1. The first-order valence-corrected chi connectivity index (χ1v) is 13.5. The van der Waals surface area contributed by atoms with Crippen LogP contribution >= 0.6 is 0 Å². The number of hydrogen-bond donors (Lipinski definition) is 2. The van der Waals surface area contributed by atoms with Gasteiger partial charge in [-0.3, -0.25) is 14.5 Å². The monoisotopic (exact) mass is 487 g/mol. The summed E-state index contributed by atoms with van der Waals surface area (Å²) in [6.07, 6.45) is 15.5. The summed E-state index contributed by atoms with van der Waals surface area (Å²) in [7, 11) is 1.91. The van der Waals surface area contributed by atoms with Crippen molar-refractivity contribution in [3.05, 3.63) is 35.4 Å². The van der Waals surface area contributed by atoms with Gasteiger partial charge in [-0.05, 0) is 37.7 Å². The normalized spacial score (nSPS) is 16.3. The molecule has 0 aromatic heterocycles. The van der Waals surface area contributed by atoms with Gasteiger partial charge in [-0.15, -0.1) is 0 Å². The van der Waals surface area contributed by atoms with Crippen molar-refractivity contribution in [2.45, 2.75) is 90.0 Å². The predicted octanol–water partition coefficient (Wildman–Crippen LogP) is 4.96. The summed E-state index contributed by atoms with van der Waals surface area (Å²) in [4.78, 5) is 40.4. The average Bonchev–Trinajstić information content (AvgIpc) is 2.86. The lowest BCUT2D eigenvalue weighted by atomic mass is 10.1. The molecule has 2 rings (SSSR count). The van der Waals surface area contributed by atoms with Crippen molar-refractivity contribution in [3.8, 4) is 0 Å². The highest BCUT2D eigenvalue weighted by atomic mass is 16.4. The minimum atomic E-state index is -1.02. The third kappa shape index (κ3) is 10.4. The standard InChI is InChI=1S/C28H45N3O4/c1-3-4-5-6-7-8-9-10-11-12-13-14-19-29-26(32)25-22-31(21-20-30(25)2)27(33)23-15-17-24(18-16-23)28(34)35/h15-18,25H,3-14,19-22H2,1-2H3,(H,29,32)(H,34,35)/t25-/m1/s1. The van der Waals surface area contributed by atoms with E-state index < -0.39 is 5.97 Å². The van der Waals surface area contributed by atoms with Crippen LogP contribution in [0.5, 0.6) is 0 Å². The molecule has 0 unspecified atom stereocenters. The van der Waals surface area contributed by atoms with Gasteiger partial charge in [-0.25, -0.2) is 4.79 Å². The Labute approximate surface area is 211 Å². The molecule has 7 heteroatoms. The zero-order chi connectivity index (χ0) is 25.5. The van der Waals surface area contributed by atoms with Crippen molar-refractivity contribution in [1.82, 2.24) is 15.1 Å². The van der Waals surface area contributed by atoms with Crippen molar-refractivity contribution in [2.24, 2.45) is 0 Å². The van der Waals surface area contributed by atoms with Gasteiger partial charge in [0.25, 0.3) is 5.91 Å². The van der Waals surface area contributed by atoms with Gasteiger partial charge in [-0.1, -0.05) is 77.6 Å². The second-order valence-electron chi connectivity index (χ2n) is 9.81. The third-order valence-corrected chi connectivity index (χ3v) is 6.95. The van der Waals surface area contributed by atoms with Crippen LogP contribution in [0.25, 0.3) is 0 Å². The lowest BCUT2D eigenvalue weighted by Crippen LogP contribution is -2.58. The van der Waals surface area contributed by atoms with Crippen molar-refractivity contribution in [1.29, 1.82) is 0 Å². The maximum Gasteiger partial charge on any atom is 0.335 e. The topological polar surface area (TPSA) is 90.0 Å². The van der Waals surface area contributed by atoms with E-state index >= 15 is 0 Å². The highest BCUT2D eigenvalue weighted by molar-refractivity contribution is 5.96. The lowest BCUT2D eigenvalue weighted by molar-refractivity contribution is -0.127. The molecule has 2 N–H and O–H groups in total. The quantitative estimate of drug-likeness (QED) is 0.322. The fourth-order valence-electron chi connectivity index (χ4n) is 4.57. The van der Waals surface area contributed by atoms with E-state index in [0.29, 0.717) is 31.7 Å². The van der Waals surface area contributed by atoms with Crippen LogP contribution in [-0.4, -0.2) is 72.0 Å².